The first kappa shape index (κ1) is 20.6. The highest BCUT2D eigenvalue weighted by atomic mass is 79.9. The number of hydrogen-bond donors (Lipinski definition) is 1. The summed E-state index contributed by atoms with van der Waals surface area (Å²) in [6, 6.07) is 17.1. The molecule has 0 bridgehead atoms. The van der Waals surface area contributed by atoms with Crippen LogP contribution in [-0.2, 0) is 16.1 Å². The Morgan fingerprint density at radius 1 is 1.10 bits per heavy atom. The van der Waals surface area contributed by atoms with Crippen molar-refractivity contribution in [2.24, 2.45) is 0 Å². The van der Waals surface area contributed by atoms with E-state index >= 15 is 0 Å². The molecular weight excluding hydrogens is 464 g/mol. The molecule has 0 unspecified atom stereocenters. The predicted molar refractivity (Wildman–Crippen MR) is 117 cm³/mol. The Balaban J connectivity index is 1.56. The molecule has 1 aliphatic heterocycles. The zero-order chi connectivity index (χ0) is 22.0. The quantitative estimate of drug-likeness (QED) is 0.327. The van der Waals surface area contributed by atoms with Gasteiger partial charge in [-0.1, -0.05) is 46.3 Å². The van der Waals surface area contributed by atoms with E-state index in [-0.39, 0.29) is 12.2 Å². The number of methoxy groups -OCH3 is 1. The largest absolute Gasteiger partial charge is 0.465 e. The zero-order valence-corrected chi connectivity index (χ0v) is 18.0. The highest BCUT2D eigenvalue weighted by Gasteiger charge is 2.33. The number of rotatable bonds is 5. The van der Waals surface area contributed by atoms with Gasteiger partial charge in [-0.25, -0.2) is 9.59 Å². The summed E-state index contributed by atoms with van der Waals surface area (Å²) in [6.07, 6.45) is 1.46. The smallest absolute Gasteiger partial charge is 0.338 e. The van der Waals surface area contributed by atoms with Crippen LogP contribution in [0.2, 0.25) is 0 Å². The molecule has 1 saturated heterocycles. The van der Waals surface area contributed by atoms with Crippen molar-refractivity contribution in [2.75, 3.05) is 7.11 Å². The molecule has 156 valence electrons. The third-order valence-electron chi connectivity index (χ3n) is 4.73. The SMILES string of the molecule is COC(=O)c1ccccc1-c1ccc(C=C2NC(=O)N(Cc3ccc(Br)cc3)C2=O)o1. The normalized spacial score (nSPS) is 14.8. The molecule has 31 heavy (non-hydrogen) atoms. The lowest BCUT2D eigenvalue weighted by atomic mass is 10.1. The van der Waals surface area contributed by atoms with Gasteiger partial charge in [0.15, 0.2) is 0 Å². The van der Waals surface area contributed by atoms with Gasteiger partial charge in [0.25, 0.3) is 5.91 Å². The molecule has 0 radical (unpaired) electrons. The standard InChI is InChI=1S/C23H17BrN2O5/c1-30-22(28)18-5-3-2-4-17(18)20-11-10-16(31-20)12-19-21(27)26(23(29)25-19)13-14-6-8-15(24)9-7-14/h2-12H,13H2,1H3,(H,25,29). The van der Waals surface area contributed by atoms with Gasteiger partial charge in [0.2, 0.25) is 0 Å². The van der Waals surface area contributed by atoms with Crippen LogP contribution in [0.25, 0.3) is 17.4 Å². The average molecular weight is 481 g/mol. The van der Waals surface area contributed by atoms with Crippen molar-refractivity contribution < 1.29 is 23.5 Å². The van der Waals surface area contributed by atoms with Crippen LogP contribution in [-0.4, -0.2) is 29.9 Å². The molecule has 0 spiro atoms. The first-order valence-electron chi connectivity index (χ1n) is 9.33. The molecule has 3 aromatic rings. The number of carbonyl (C=O) groups is 3. The second-order valence-corrected chi connectivity index (χ2v) is 7.66. The van der Waals surface area contributed by atoms with Crippen LogP contribution >= 0.6 is 15.9 Å². The molecule has 7 nitrogen and oxygen atoms in total. The van der Waals surface area contributed by atoms with Gasteiger partial charge in [-0.3, -0.25) is 9.69 Å². The highest BCUT2D eigenvalue weighted by Crippen LogP contribution is 2.28. The van der Waals surface area contributed by atoms with Crippen molar-refractivity contribution in [1.82, 2.24) is 10.2 Å². The van der Waals surface area contributed by atoms with Crippen LogP contribution in [0.3, 0.4) is 0 Å². The molecule has 2 aromatic carbocycles. The Morgan fingerprint density at radius 3 is 2.58 bits per heavy atom. The minimum absolute atomic E-state index is 0.115. The van der Waals surface area contributed by atoms with Gasteiger partial charge in [0.05, 0.1) is 19.2 Å². The Hall–Kier alpha value is -3.65. The Bertz CT molecular complexity index is 1200. The molecular formula is C23H17BrN2O5. The van der Waals surface area contributed by atoms with Crippen LogP contribution < -0.4 is 5.32 Å². The molecule has 3 amide bonds. The number of amides is 3. The van der Waals surface area contributed by atoms with Crippen molar-refractivity contribution in [1.29, 1.82) is 0 Å². The van der Waals surface area contributed by atoms with E-state index in [1.807, 2.05) is 24.3 Å². The maximum atomic E-state index is 12.7. The number of carbonyl (C=O) groups excluding carboxylic acids is 3. The molecule has 0 atom stereocenters. The number of furan rings is 1. The second kappa shape index (κ2) is 8.61. The minimum Gasteiger partial charge on any atom is -0.465 e. The monoisotopic (exact) mass is 480 g/mol. The fourth-order valence-electron chi connectivity index (χ4n) is 3.19. The summed E-state index contributed by atoms with van der Waals surface area (Å²) in [7, 11) is 1.31. The van der Waals surface area contributed by atoms with E-state index in [1.165, 1.54) is 13.2 Å². The summed E-state index contributed by atoms with van der Waals surface area (Å²) in [4.78, 5) is 38.1. The van der Waals surface area contributed by atoms with E-state index in [9.17, 15) is 14.4 Å². The summed E-state index contributed by atoms with van der Waals surface area (Å²) in [5.74, 6) is -0.116. The zero-order valence-electron chi connectivity index (χ0n) is 16.4. The van der Waals surface area contributed by atoms with Gasteiger partial charge in [-0.2, -0.15) is 0 Å². The minimum atomic E-state index is -0.498. The molecule has 1 aliphatic rings. The van der Waals surface area contributed by atoms with Crippen molar-refractivity contribution >= 4 is 39.9 Å². The number of hydrogen-bond acceptors (Lipinski definition) is 5. The topological polar surface area (TPSA) is 88.9 Å². The second-order valence-electron chi connectivity index (χ2n) is 6.75. The van der Waals surface area contributed by atoms with E-state index in [1.54, 1.807) is 36.4 Å². The van der Waals surface area contributed by atoms with Crippen LogP contribution in [0, 0.1) is 0 Å². The maximum Gasteiger partial charge on any atom is 0.338 e. The number of imide groups is 1. The Morgan fingerprint density at radius 2 is 1.84 bits per heavy atom. The van der Waals surface area contributed by atoms with Gasteiger partial charge in [-0.05, 0) is 35.9 Å². The lowest BCUT2D eigenvalue weighted by Crippen LogP contribution is -2.30. The number of ether oxygens (including phenoxy) is 1. The molecule has 8 heteroatoms. The summed E-state index contributed by atoms with van der Waals surface area (Å²) in [5.41, 5.74) is 1.87. The third kappa shape index (κ3) is 4.29. The third-order valence-corrected chi connectivity index (χ3v) is 5.26. The molecule has 1 aromatic heterocycles. The lowest BCUT2D eigenvalue weighted by Gasteiger charge is -2.11. The van der Waals surface area contributed by atoms with Crippen LogP contribution in [0.5, 0.6) is 0 Å². The molecule has 2 heterocycles. The molecule has 0 aliphatic carbocycles. The Kier molecular flexibility index (Phi) is 5.73. The number of halogens is 1. The lowest BCUT2D eigenvalue weighted by molar-refractivity contribution is -0.123. The van der Waals surface area contributed by atoms with E-state index in [0.29, 0.717) is 22.6 Å². The fraction of sp³-hybridized carbons (Fsp3) is 0.0870. The summed E-state index contributed by atoms with van der Waals surface area (Å²) < 4.78 is 11.5. The van der Waals surface area contributed by atoms with Gasteiger partial charge in [0, 0.05) is 16.1 Å². The van der Waals surface area contributed by atoms with Crippen LogP contribution in [0.15, 0.2) is 75.3 Å². The van der Waals surface area contributed by atoms with Gasteiger partial charge in [-0.15, -0.1) is 0 Å². The van der Waals surface area contributed by atoms with Crippen molar-refractivity contribution in [3.8, 4) is 11.3 Å². The van der Waals surface area contributed by atoms with Crippen molar-refractivity contribution in [3.63, 3.8) is 0 Å². The van der Waals surface area contributed by atoms with Gasteiger partial charge < -0.3 is 14.5 Å². The first-order chi connectivity index (χ1) is 15.0. The van der Waals surface area contributed by atoms with E-state index < -0.39 is 17.9 Å². The first-order valence-corrected chi connectivity index (χ1v) is 10.1. The molecule has 0 saturated carbocycles. The number of nitrogens with zero attached hydrogens (tertiary/aromatic N) is 1. The summed E-state index contributed by atoms with van der Waals surface area (Å²) in [6.45, 7) is 0.158. The number of benzene rings is 2. The molecule has 4 rings (SSSR count). The maximum absolute atomic E-state index is 12.7. The van der Waals surface area contributed by atoms with Gasteiger partial charge in [0.1, 0.15) is 17.2 Å². The number of esters is 1. The fourth-order valence-corrected chi connectivity index (χ4v) is 3.46. The molecule has 1 N–H and O–H groups in total. The Labute approximate surface area is 186 Å². The molecule has 1 fully saturated rings. The van der Waals surface area contributed by atoms with E-state index in [0.717, 1.165) is 14.9 Å². The van der Waals surface area contributed by atoms with Crippen LogP contribution in [0.4, 0.5) is 4.79 Å². The summed E-state index contributed by atoms with van der Waals surface area (Å²) >= 11 is 3.36. The number of nitrogens with one attached hydrogen (secondary N) is 1. The predicted octanol–water partition coefficient (Wildman–Crippen LogP) is 4.59. The average Bonchev–Trinajstić information content (AvgIpc) is 3.35. The number of urea groups is 1. The van der Waals surface area contributed by atoms with Crippen molar-refractivity contribution in [3.05, 3.63) is 87.7 Å². The summed E-state index contributed by atoms with van der Waals surface area (Å²) in [5, 5.41) is 2.58. The van der Waals surface area contributed by atoms with E-state index in [4.69, 9.17) is 9.15 Å². The highest BCUT2D eigenvalue weighted by molar-refractivity contribution is 9.10. The van der Waals surface area contributed by atoms with E-state index in [2.05, 4.69) is 21.2 Å². The van der Waals surface area contributed by atoms with Gasteiger partial charge >= 0.3 is 12.0 Å². The van der Waals surface area contributed by atoms with Crippen molar-refractivity contribution in [2.45, 2.75) is 6.54 Å². The van der Waals surface area contributed by atoms with Crippen LogP contribution in [0.1, 0.15) is 21.7 Å².